The van der Waals surface area contributed by atoms with Gasteiger partial charge in [-0.25, -0.2) is 0 Å². The van der Waals surface area contributed by atoms with Gasteiger partial charge in [0, 0.05) is 4.47 Å². The molecule has 2 aromatic rings. The highest BCUT2D eigenvalue weighted by atomic mass is 79.9. The van der Waals surface area contributed by atoms with Gasteiger partial charge in [-0.15, -0.1) is 0 Å². The molecule has 0 amide bonds. The molecule has 1 unspecified atom stereocenters. The first kappa shape index (κ1) is 16.1. The number of aryl methyl sites for hydroxylation is 2. The maximum atomic E-state index is 3.75. The smallest absolute Gasteiger partial charge is 0.0519 e. The number of rotatable bonds is 6. The number of hydrogen-bond acceptors (Lipinski definition) is 1. The van der Waals surface area contributed by atoms with Crippen LogP contribution < -0.4 is 5.32 Å². The Morgan fingerprint density at radius 1 is 1.10 bits per heavy atom. The Balaban J connectivity index is 2.27. The van der Waals surface area contributed by atoms with Crippen LogP contribution in [0.15, 0.2) is 46.9 Å². The summed E-state index contributed by atoms with van der Waals surface area (Å²) in [7, 11) is 0. The molecule has 0 aliphatic carbocycles. The minimum atomic E-state index is 0.365. The fraction of sp³-hybridized carbons (Fsp3) is 0.368. The molecule has 0 fully saturated rings. The van der Waals surface area contributed by atoms with Crippen LogP contribution in [0.3, 0.4) is 0 Å². The van der Waals surface area contributed by atoms with E-state index in [4.69, 9.17) is 0 Å². The second-order valence-electron chi connectivity index (χ2n) is 5.69. The highest BCUT2D eigenvalue weighted by Gasteiger charge is 2.14. The molecule has 0 aliphatic rings. The summed E-state index contributed by atoms with van der Waals surface area (Å²) < 4.78 is 1.15. The maximum absolute atomic E-state index is 3.75. The van der Waals surface area contributed by atoms with Crippen molar-refractivity contribution in [3.05, 3.63) is 63.6 Å². The highest BCUT2D eigenvalue weighted by molar-refractivity contribution is 9.10. The lowest BCUT2D eigenvalue weighted by Gasteiger charge is -2.23. The van der Waals surface area contributed by atoms with E-state index in [0.717, 1.165) is 10.9 Å². The van der Waals surface area contributed by atoms with Crippen LogP contribution in [-0.2, 0) is 0 Å². The van der Waals surface area contributed by atoms with E-state index in [1.165, 1.54) is 35.2 Å². The predicted molar refractivity (Wildman–Crippen MR) is 95.9 cm³/mol. The lowest BCUT2D eigenvalue weighted by atomic mass is 10.00. The average Bonchev–Trinajstić information content (AvgIpc) is 2.46. The van der Waals surface area contributed by atoms with E-state index in [-0.39, 0.29) is 0 Å². The highest BCUT2D eigenvalue weighted by Crippen LogP contribution is 2.32. The zero-order valence-corrected chi connectivity index (χ0v) is 14.7. The Hall–Kier alpha value is -1.28. The molecule has 0 bridgehead atoms. The Kier molecular flexibility index (Phi) is 5.86. The molecule has 0 radical (unpaired) electrons. The van der Waals surface area contributed by atoms with Gasteiger partial charge >= 0.3 is 0 Å². The van der Waals surface area contributed by atoms with Gasteiger partial charge in [-0.3, -0.25) is 0 Å². The summed E-state index contributed by atoms with van der Waals surface area (Å²) in [6.45, 7) is 6.55. The number of hydrogen-bond donors (Lipinski definition) is 1. The van der Waals surface area contributed by atoms with Crippen molar-refractivity contribution in [1.82, 2.24) is 0 Å². The van der Waals surface area contributed by atoms with Crippen LogP contribution >= 0.6 is 15.9 Å². The summed E-state index contributed by atoms with van der Waals surface area (Å²) in [4.78, 5) is 0. The number of halogens is 1. The minimum absolute atomic E-state index is 0.365. The summed E-state index contributed by atoms with van der Waals surface area (Å²) in [5, 5.41) is 3.75. The first-order chi connectivity index (χ1) is 10.1. The monoisotopic (exact) mass is 345 g/mol. The van der Waals surface area contributed by atoms with Crippen molar-refractivity contribution in [2.75, 3.05) is 5.32 Å². The standard InChI is InChI=1S/C19H24BrN/c1-4-5-11-18(16-9-7-6-8-10-16)21-19-15(3)12-14(2)13-17(19)20/h6-10,12-13,18,21H,4-5,11H2,1-3H3. The van der Waals surface area contributed by atoms with Gasteiger partial charge in [0.25, 0.3) is 0 Å². The number of anilines is 1. The second-order valence-corrected chi connectivity index (χ2v) is 6.54. The molecular formula is C19H24BrN. The lowest BCUT2D eigenvalue weighted by Crippen LogP contribution is -2.12. The third-order valence-corrected chi connectivity index (χ3v) is 4.42. The molecule has 1 nitrogen and oxygen atoms in total. The quantitative estimate of drug-likeness (QED) is 0.637. The summed E-state index contributed by atoms with van der Waals surface area (Å²) >= 11 is 3.70. The summed E-state index contributed by atoms with van der Waals surface area (Å²) in [6.07, 6.45) is 3.61. The SMILES string of the molecule is CCCCC(Nc1c(C)cc(C)cc1Br)c1ccccc1. The molecule has 1 atom stereocenters. The zero-order chi connectivity index (χ0) is 15.2. The van der Waals surface area contributed by atoms with E-state index in [1.807, 2.05) is 0 Å². The van der Waals surface area contributed by atoms with Crippen molar-refractivity contribution in [3.63, 3.8) is 0 Å². The van der Waals surface area contributed by atoms with Gasteiger partial charge in [0.2, 0.25) is 0 Å². The van der Waals surface area contributed by atoms with Crippen molar-refractivity contribution in [1.29, 1.82) is 0 Å². The second kappa shape index (κ2) is 7.65. The van der Waals surface area contributed by atoms with E-state index in [1.54, 1.807) is 0 Å². The van der Waals surface area contributed by atoms with Crippen LogP contribution in [0.5, 0.6) is 0 Å². The number of unbranched alkanes of at least 4 members (excludes halogenated alkanes) is 1. The Morgan fingerprint density at radius 2 is 1.81 bits per heavy atom. The van der Waals surface area contributed by atoms with Gasteiger partial charge in [0.1, 0.15) is 0 Å². The Labute approximate surface area is 136 Å². The van der Waals surface area contributed by atoms with Crippen LogP contribution in [0.1, 0.15) is 48.9 Å². The third kappa shape index (κ3) is 4.34. The van der Waals surface area contributed by atoms with Gasteiger partial charge in [0.05, 0.1) is 11.7 Å². The number of nitrogens with one attached hydrogen (secondary N) is 1. The minimum Gasteiger partial charge on any atom is -0.377 e. The predicted octanol–water partition coefficient (Wildman–Crippen LogP) is 6.41. The fourth-order valence-corrected chi connectivity index (χ4v) is 3.48. The van der Waals surface area contributed by atoms with Crippen molar-refractivity contribution in [3.8, 4) is 0 Å². The van der Waals surface area contributed by atoms with Crippen molar-refractivity contribution >= 4 is 21.6 Å². The largest absolute Gasteiger partial charge is 0.377 e. The summed E-state index contributed by atoms with van der Waals surface area (Å²) in [5.41, 5.74) is 5.15. The summed E-state index contributed by atoms with van der Waals surface area (Å²) in [5.74, 6) is 0. The van der Waals surface area contributed by atoms with Gasteiger partial charge in [-0.05, 0) is 59.0 Å². The Morgan fingerprint density at radius 3 is 2.43 bits per heavy atom. The van der Waals surface area contributed by atoms with Crippen LogP contribution in [0.2, 0.25) is 0 Å². The van der Waals surface area contributed by atoms with Crippen LogP contribution in [0.4, 0.5) is 5.69 Å². The molecule has 0 heterocycles. The van der Waals surface area contributed by atoms with Crippen molar-refractivity contribution in [2.24, 2.45) is 0 Å². The molecular weight excluding hydrogens is 322 g/mol. The van der Waals surface area contributed by atoms with Crippen LogP contribution in [-0.4, -0.2) is 0 Å². The van der Waals surface area contributed by atoms with Crippen molar-refractivity contribution < 1.29 is 0 Å². The molecule has 0 aromatic heterocycles. The van der Waals surface area contributed by atoms with Crippen LogP contribution in [0, 0.1) is 13.8 Å². The topological polar surface area (TPSA) is 12.0 Å². The van der Waals surface area contributed by atoms with Crippen LogP contribution in [0.25, 0.3) is 0 Å². The van der Waals surface area contributed by atoms with E-state index >= 15 is 0 Å². The van der Waals surface area contributed by atoms with Gasteiger partial charge in [-0.1, -0.05) is 56.2 Å². The molecule has 0 saturated carbocycles. The summed E-state index contributed by atoms with van der Waals surface area (Å²) in [6, 6.07) is 15.5. The molecule has 2 aromatic carbocycles. The zero-order valence-electron chi connectivity index (χ0n) is 13.1. The van der Waals surface area contributed by atoms with Gasteiger partial charge in [-0.2, -0.15) is 0 Å². The fourth-order valence-electron chi connectivity index (χ4n) is 2.69. The van der Waals surface area contributed by atoms with E-state index in [0.29, 0.717) is 6.04 Å². The van der Waals surface area contributed by atoms with Gasteiger partial charge in [0.15, 0.2) is 0 Å². The maximum Gasteiger partial charge on any atom is 0.0519 e. The van der Waals surface area contributed by atoms with E-state index in [9.17, 15) is 0 Å². The molecule has 21 heavy (non-hydrogen) atoms. The molecule has 0 saturated heterocycles. The first-order valence-electron chi connectivity index (χ1n) is 7.70. The lowest BCUT2D eigenvalue weighted by molar-refractivity contribution is 0.634. The molecule has 112 valence electrons. The van der Waals surface area contributed by atoms with E-state index < -0.39 is 0 Å². The third-order valence-electron chi connectivity index (χ3n) is 3.80. The van der Waals surface area contributed by atoms with E-state index in [2.05, 4.69) is 84.5 Å². The number of benzene rings is 2. The average molecular weight is 346 g/mol. The van der Waals surface area contributed by atoms with Gasteiger partial charge < -0.3 is 5.32 Å². The molecule has 0 spiro atoms. The Bertz CT molecular complexity index is 554. The molecule has 2 rings (SSSR count). The molecule has 0 aliphatic heterocycles. The molecule has 2 heteroatoms. The molecule has 1 N–H and O–H groups in total. The van der Waals surface area contributed by atoms with Crippen molar-refractivity contribution in [2.45, 2.75) is 46.1 Å². The normalized spacial score (nSPS) is 12.2. The first-order valence-corrected chi connectivity index (χ1v) is 8.49.